The van der Waals surface area contributed by atoms with Crippen LogP contribution < -0.4 is 10.1 Å². The molecule has 6 nitrogen and oxygen atoms in total. The van der Waals surface area contributed by atoms with Gasteiger partial charge in [-0.3, -0.25) is 9.69 Å². The maximum absolute atomic E-state index is 13.4. The fraction of sp³-hybridized carbons (Fsp3) is 0.333. The van der Waals surface area contributed by atoms with E-state index in [0.29, 0.717) is 37.7 Å². The number of rotatable bonds is 8. The smallest absolute Gasteiger partial charge is 0.251 e. The number of hydrogen-bond acceptors (Lipinski definition) is 6. The molecule has 0 radical (unpaired) electrons. The summed E-state index contributed by atoms with van der Waals surface area (Å²) in [7, 11) is 0. The molecule has 2 heterocycles. The second-order valence-corrected chi connectivity index (χ2v) is 8.66. The van der Waals surface area contributed by atoms with Gasteiger partial charge in [-0.15, -0.1) is 11.3 Å². The van der Waals surface area contributed by atoms with E-state index in [4.69, 9.17) is 9.47 Å². The normalized spacial score (nSPS) is 15.3. The number of hydrogen-bond donors (Lipinski definition) is 1. The highest BCUT2D eigenvalue weighted by Crippen LogP contribution is 2.22. The standard InChI is InChI=1S/C24H26FN3O3S/c1-17-27-21(16-32-17)15-31-22-8-4-19(5-9-22)24(29)26-14-23(28-10-12-30-13-11-28)18-2-6-20(25)7-3-18/h2-9,16,23H,10-15H2,1H3,(H,26,29). The summed E-state index contributed by atoms with van der Waals surface area (Å²) in [5, 5.41) is 6.01. The third-order valence-corrected chi connectivity index (χ3v) is 6.19. The zero-order valence-corrected chi connectivity index (χ0v) is 18.7. The van der Waals surface area contributed by atoms with Crippen molar-refractivity contribution >= 4 is 17.2 Å². The summed E-state index contributed by atoms with van der Waals surface area (Å²) >= 11 is 1.59. The summed E-state index contributed by atoms with van der Waals surface area (Å²) in [5.41, 5.74) is 2.42. The largest absolute Gasteiger partial charge is 0.487 e. The third-order valence-electron chi connectivity index (χ3n) is 5.37. The van der Waals surface area contributed by atoms with E-state index in [1.54, 1.807) is 47.7 Å². The van der Waals surface area contributed by atoms with Gasteiger partial charge in [0.2, 0.25) is 0 Å². The second kappa shape index (κ2) is 10.7. The molecule has 1 fully saturated rings. The van der Waals surface area contributed by atoms with E-state index < -0.39 is 0 Å². The number of halogens is 1. The van der Waals surface area contributed by atoms with Crippen LogP contribution in [0.4, 0.5) is 4.39 Å². The lowest BCUT2D eigenvalue weighted by Gasteiger charge is -2.35. The van der Waals surface area contributed by atoms with E-state index in [1.165, 1.54) is 12.1 Å². The molecule has 0 spiro atoms. The number of ether oxygens (including phenoxy) is 2. The Labute approximate surface area is 191 Å². The first-order valence-corrected chi connectivity index (χ1v) is 11.5. The number of thiazole rings is 1. The highest BCUT2D eigenvalue weighted by atomic mass is 32.1. The van der Waals surface area contributed by atoms with Gasteiger partial charge in [0.05, 0.1) is 30.0 Å². The predicted molar refractivity (Wildman–Crippen MR) is 121 cm³/mol. The summed E-state index contributed by atoms with van der Waals surface area (Å²) < 4.78 is 24.6. The molecule has 2 aromatic carbocycles. The Kier molecular flexibility index (Phi) is 7.47. The number of morpholine rings is 1. The van der Waals surface area contributed by atoms with Crippen LogP contribution in [0.1, 0.15) is 32.7 Å². The average molecular weight is 456 g/mol. The number of benzene rings is 2. The Bertz CT molecular complexity index is 1020. The van der Waals surface area contributed by atoms with Crippen LogP contribution in [0.2, 0.25) is 0 Å². The van der Waals surface area contributed by atoms with Gasteiger partial charge in [-0.05, 0) is 48.9 Å². The lowest BCUT2D eigenvalue weighted by molar-refractivity contribution is 0.0162. The number of nitrogens with zero attached hydrogens (tertiary/aromatic N) is 2. The first-order chi connectivity index (χ1) is 15.6. The molecule has 1 aliphatic rings. The monoisotopic (exact) mass is 455 g/mol. The average Bonchev–Trinajstić information content (AvgIpc) is 3.25. The zero-order chi connectivity index (χ0) is 22.3. The third kappa shape index (κ3) is 5.91. The van der Waals surface area contributed by atoms with Crippen molar-refractivity contribution in [2.45, 2.75) is 19.6 Å². The van der Waals surface area contributed by atoms with Gasteiger partial charge in [-0.2, -0.15) is 0 Å². The van der Waals surface area contributed by atoms with Crippen LogP contribution in [0.3, 0.4) is 0 Å². The molecule has 1 unspecified atom stereocenters. The van der Waals surface area contributed by atoms with E-state index in [-0.39, 0.29) is 17.8 Å². The number of carbonyl (C=O) groups excluding carboxylic acids is 1. The second-order valence-electron chi connectivity index (χ2n) is 7.60. The number of nitrogens with one attached hydrogen (secondary N) is 1. The van der Waals surface area contributed by atoms with Crippen LogP contribution in [0.5, 0.6) is 5.75 Å². The Balaban J connectivity index is 1.36. The molecule has 3 aromatic rings. The number of aryl methyl sites for hydroxylation is 1. The number of carbonyl (C=O) groups is 1. The summed E-state index contributed by atoms with van der Waals surface area (Å²) in [4.78, 5) is 19.4. The summed E-state index contributed by atoms with van der Waals surface area (Å²) in [6.07, 6.45) is 0. The topological polar surface area (TPSA) is 63.7 Å². The molecule has 168 valence electrons. The van der Waals surface area contributed by atoms with Crippen molar-refractivity contribution in [2.75, 3.05) is 32.8 Å². The van der Waals surface area contributed by atoms with Crippen molar-refractivity contribution in [1.82, 2.24) is 15.2 Å². The Morgan fingerprint density at radius 3 is 2.56 bits per heavy atom. The van der Waals surface area contributed by atoms with Crippen molar-refractivity contribution in [1.29, 1.82) is 0 Å². The van der Waals surface area contributed by atoms with Crippen molar-refractivity contribution in [3.8, 4) is 5.75 Å². The van der Waals surface area contributed by atoms with Crippen molar-refractivity contribution in [3.63, 3.8) is 0 Å². The summed E-state index contributed by atoms with van der Waals surface area (Å²) in [6.45, 7) is 5.61. The molecule has 4 rings (SSSR count). The van der Waals surface area contributed by atoms with Crippen LogP contribution in [0.15, 0.2) is 53.9 Å². The van der Waals surface area contributed by atoms with Crippen molar-refractivity contribution in [2.24, 2.45) is 0 Å². The van der Waals surface area contributed by atoms with E-state index in [0.717, 1.165) is 29.4 Å². The molecule has 1 N–H and O–H groups in total. The van der Waals surface area contributed by atoms with E-state index in [2.05, 4.69) is 15.2 Å². The molecule has 0 bridgehead atoms. The lowest BCUT2D eigenvalue weighted by Crippen LogP contribution is -2.43. The fourth-order valence-electron chi connectivity index (χ4n) is 3.66. The van der Waals surface area contributed by atoms with Gasteiger partial charge in [0, 0.05) is 30.6 Å². The van der Waals surface area contributed by atoms with E-state index >= 15 is 0 Å². The molecule has 0 aliphatic carbocycles. The van der Waals surface area contributed by atoms with Gasteiger partial charge in [-0.25, -0.2) is 9.37 Å². The SMILES string of the molecule is Cc1nc(COc2ccc(C(=O)NCC(c3ccc(F)cc3)N3CCOCC3)cc2)cs1. The van der Waals surface area contributed by atoms with E-state index in [1.807, 2.05) is 12.3 Å². The van der Waals surface area contributed by atoms with Crippen LogP contribution in [-0.2, 0) is 11.3 Å². The Morgan fingerprint density at radius 1 is 1.19 bits per heavy atom. The molecule has 1 atom stereocenters. The molecular formula is C24H26FN3O3S. The maximum Gasteiger partial charge on any atom is 0.251 e. The van der Waals surface area contributed by atoms with E-state index in [9.17, 15) is 9.18 Å². The number of amides is 1. The molecule has 1 saturated heterocycles. The van der Waals surface area contributed by atoms with Crippen molar-refractivity contribution in [3.05, 3.63) is 81.6 Å². The Hall–Kier alpha value is -2.81. The van der Waals surface area contributed by atoms with Gasteiger partial charge in [-0.1, -0.05) is 12.1 Å². The molecule has 8 heteroatoms. The Morgan fingerprint density at radius 2 is 1.91 bits per heavy atom. The quantitative estimate of drug-likeness (QED) is 0.557. The minimum absolute atomic E-state index is 0.0485. The van der Waals surface area contributed by atoms with Crippen LogP contribution in [0.25, 0.3) is 0 Å². The van der Waals surface area contributed by atoms with Gasteiger partial charge in [0.15, 0.2) is 0 Å². The molecular weight excluding hydrogens is 429 g/mol. The van der Waals surface area contributed by atoms with Crippen LogP contribution in [0, 0.1) is 12.7 Å². The fourth-order valence-corrected chi connectivity index (χ4v) is 4.25. The summed E-state index contributed by atoms with van der Waals surface area (Å²) in [5.74, 6) is 0.252. The zero-order valence-electron chi connectivity index (χ0n) is 17.9. The highest BCUT2D eigenvalue weighted by Gasteiger charge is 2.23. The molecule has 32 heavy (non-hydrogen) atoms. The molecule has 1 aliphatic heterocycles. The minimum Gasteiger partial charge on any atom is -0.487 e. The van der Waals surface area contributed by atoms with Gasteiger partial charge in [0.1, 0.15) is 18.2 Å². The molecule has 1 amide bonds. The maximum atomic E-state index is 13.4. The summed E-state index contributed by atoms with van der Waals surface area (Å²) in [6, 6.07) is 13.5. The van der Waals surface area contributed by atoms with Crippen LogP contribution >= 0.6 is 11.3 Å². The molecule has 0 saturated carbocycles. The van der Waals surface area contributed by atoms with Crippen LogP contribution in [-0.4, -0.2) is 48.6 Å². The lowest BCUT2D eigenvalue weighted by atomic mass is 10.0. The van der Waals surface area contributed by atoms with Gasteiger partial charge >= 0.3 is 0 Å². The molecule has 1 aromatic heterocycles. The highest BCUT2D eigenvalue weighted by molar-refractivity contribution is 7.09. The van der Waals surface area contributed by atoms with Gasteiger partial charge < -0.3 is 14.8 Å². The first-order valence-electron chi connectivity index (χ1n) is 10.6. The van der Waals surface area contributed by atoms with Crippen molar-refractivity contribution < 1.29 is 18.7 Å². The number of aromatic nitrogens is 1. The first kappa shape index (κ1) is 22.4. The van der Waals surface area contributed by atoms with Gasteiger partial charge in [0.25, 0.3) is 5.91 Å². The minimum atomic E-state index is -0.272. The predicted octanol–water partition coefficient (Wildman–Crippen LogP) is 3.97.